The van der Waals surface area contributed by atoms with E-state index < -0.39 is 0 Å². The van der Waals surface area contributed by atoms with Crippen molar-refractivity contribution in [2.45, 2.75) is 20.3 Å². The Balaban J connectivity index is 1.83. The van der Waals surface area contributed by atoms with Gasteiger partial charge in [0.15, 0.2) is 5.82 Å². The van der Waals surface area contributed by atoms with E-state index in [9.17, 15) is 0 Å². The number of nitrogens with one attached hydrogen (secondary N) is 2. The Morgan fingerprint density at radius 3 is 2.79 bits per heavy atom. The highest BCUT2D eigenvalue weighted by Crippen LogP contribution is 2.28. The van der Waals surface area contributed by atoms with Gasteiger partial charge in [0.05, 0.1) is 5.52 Å². The quantitative estimate of drug-likeness (QED) is 0.532. The van der Waals surface area contributed by atoms with Gasteiger partial charge in [-0.15, -0.1) is 0 Å². The number of fused-ring (bicyclic) bond motifs is 1. The molecule has 0 fully saturated rings. The molecular formula is C19H18N4S. The van der Waals surface area contributed by atoms with E-state index in [-0.39, 0.29) is 0 Å². The Kier molecular flexibility index (Phi) is 3.78. The van der Waals surface area contributed by atoms with Crippen LogP contribution in [0, 0.1) is 6.92 Å². The number of para-hydroxylation sites is 1. The summed E-state index contributed by atoms with van der Waals surface area (Å²) < 4.78 is 0. The molecule has 3 aromatic heterocycles. The smallest absolute Gasteiger partial charge is 0.163 e. The number of hydrogen-bond acceptors (Lipinski definition) is 4. The summed E-state index contributed by atoms with van der Waals surface area (Å²) in [4.78, 5) is 12.9. The number of H-pyrrole nitrogens is 1. The monoisotopic (exact) mass is 334 g/mol. The number of aromatic nitrogens is 3. The number of rotatable bonds is 4. The highest BCUT2D eigenvalue weighted by atomic mass is 32.1. The van der Waals surface area contributed by atoms with E-state index in [0.29, 0.717) is 0 Å². The maximum atomic E-state index is 4.77. The molecule has 0 amide bonds. The minimum Gasteiger partial charge on any atom is -0.345 e. The highest BCUT2D eigenvalue weighted by molar-refractivity contribution is 7.08. The standard InChI is InChI=1S/C19H18N4S/c1-3-15-12(2)10-17(20-15)22-19-14-6-4-5-7-16(14)21-18(23-19)13-8-9-24-11-13/h4-11,20H,3H2,1-2H3,(H,21,22,23). The van der Waals surface area contributed by atoms with Crippen molar-refractivity contribution in [2.24, 2.45) is 0 Å². The van der Waals surface area contributed by atoms with Crippen molar-refractivity contribution >= 4 is 33.9 Å². The topological polar surface area (TPSA) is 53.6 Å². The molecule has 0 aliphatic heterocycles. The number of benzene rings is 1. The lowest BCUT2D eigenvalue weighted by Crippen LogP contribution is -1.99. The Morgan fingerprint density at radius 2 is 2.04 bits per heavy atom. The first-order valence-corrected chi connectivity index (χ1v) is 8.93. The molecule has 5 heteroatoms. The Labute approximate surface area is 144 Å². The van der Waals surface area contributed by atoms with E-state index in [1.165, 1.54) is 11.3 Å². The van der Waals surface area contributed by atoms with Crippen molar-refractivity contribution in [3.63, 3.8) is 0 Å². The summed E-state index contributed by atoms with van der Waals surface area (Å²) in [6, 6.07) is 12.3. The molecule has 0 radical (unpaired) electrons. The third-order valence-corrected chi connectivity index (χ3v) is 4.79. The highest BCUT2D eigenvalue weighted by Gasteiger charge is 2.11. The van der Waals surface area contributed by atoms with Crippen LogP contribution in [0.2, 0.25) is 0 Å². The van der Waals surface area contributed by atoms with Crippen molar-refractivity contribution < 1.29 is 0 Å². The second-order valence-electron chi connectivity index (χ2n) is 5.75. The first-order valence-electron chi connectivity index (χ1n) is 7.99. The molecule has 1 aromatic carbocycles. The molecule has 0 aliphatic rings. The zero-order valence-corrected chi connectivity index (χ0v) is 14.4. The number of aryl methyl sites for hydroxylation is 2. The number of nitrogens with zero attached hydrogens (tertiary/aromatic N) is 2. The van der Waals surface area contributed by atoms with Crippen molar-refractivity contribution in [1.29, 1.82) is 0 Å². The Bertz CT molecular complexity index is 986. The van der Waals surface area contributed by atoms with Gasteiger partial charge in [-0.1, -0.05) is 19.1 Å². The van der Waals surface area contributed by atoms with Crippen LogP contribution >= 0.6 is 11.3 Å². The molecule has 0 saturated heterocycles. The van der Waals surface area contributed by atoms with Crippen molar-refractivity contribution in [2.75, 3.05) is 5.32 Å². The summed E-state index contributed by atoms with van der Waals surface area (Å²) in [6.07, 6.45) is 0.984. The minimum atomic E-state index is 0.747. The zero-order chi connectivity index (χ0) is 16.5. The molecule has 0 unspecified atom stereocenters. The molecular weight excluding hydrogens is 316 g/mol. The Morgan fingerprint density at radius 1 is 1.17 bits per heavy atom. The number of aromatic amines is 1. The summed E-state index contributed by atoms with van der Waals surface area (Å²) >= 11 is 1.65. The SMILES string of the molecule is CCc1[nH]c(Nc2nc(-c3ccsc3)nc3ccccc23)cc1C. The van der Waals surface area contributed by atoms with Gasteiger partial charge in [-0.3, -0.25) is 0 Å². The summed E-state index contributed by atoms with van der Waals surface area (Å²) in [5.74, 6) is 2.53. The first kappa shape index (κ1) is 14.9. The number of hydrogen-bond donors (Lipinski definition) is 2. The molecule has 3 heterocycles. The predicted molar refractivity (Wildman–Crippen MR) is 101 cm³/mol. The van der Waals surface area contributed by atoms with Crippen LogP contribution in [0.3, 0.4) is 0 Å². The fourth-order valence-corrected chi connectivity index (χ4v) is 3.49. The van der Waals surface area contributed by atoms with E-state index in [1.54, 1.807) is 11.3 Å². The second-order valence-corrected chi connectivity index (χ2v) is 6.53. The van der Waals surface area contributed by atoms with E-state index >= 15 is 0 Å². The molecule has 0 aliphatic carbocycles. The molecule has 24 heavy (non-hydrogen) atoms. The third kappa shape index (κ3) is 2.67. The average molecular weight is 334 g/mol. The van der Waals surface area contributed by atoms with Crippen molar-refractivity contribution in [3.8, 4) is 11.4 Å². The lowest BCUT2D eigenvalue weighted by molar-refractivity contribution is 1.04. The zero-order valence-electron chi connectivity index (χ0n) is 13.6. The minimum absolute atomic E-state index is 0.747. The molecule has 0 atom stereocenters. The molecule has 0 spiro atoms. The van der Waals surface area contributed by atoms with Crippen LogP contribution in [0.1, 0.15) is 18.2 Å². The summed E-state index contributed by atoms with van der Waals surface area (Å²) in [7, 11) is 0. The molecule has 120 valence electrons. The Hall–Kier alpha value is -2.66. The van der Waals surface area contributed by atoms with Crippen LogP contribution < -0.4 is 5.32 Å². The van der Waals surface area contributed by atoms with Crippen LogP contribution in [0.15, 0.2) is 47.2 Å². The third-order valence-electron chi connectivity index (χ3n) is 4.11. The lowest BCUT2D eigenvalue weighted by Gasteiger charge is -2.09. The first-order chi connectivity index (χ1) is 11.7. The summed E-state index contributed by atoms with van der Waals surface area (Å²) in [6.45, 7) is 4.27. The average Bonchev–Trinajstić information content (AvgIpc) is 3.24. The van der Waals surface area contributed by atoms with Crippen LogP contribution in [0.5, 0.6) is 0 Å². The van der Waals surface area contributed by atoms with Gasteiger partial charge < -0.3 is 10.3 Å². The molecule has 4 nitrogen and oxygen atoms in total. The predicted octanol–water partition coefficient (Wildman–Crippen LogP) is 5.30. The van der Waals surface area contributed by atoms with Gasteiger partial charge in [0, 0.05) is 22.0 Å². The van der Waals surface area contributed by atoms with Gasteiger partial charge in [-0.25, -0.2) is 9.97 Å². The van der Waals surface area contributed by atoms with Gasteiger partial charge in [-0.05, 0) is 48.6 Å². The summed E-state index contributed by atoms with van der Waals surface area (Å²) in [5, 5.41) is 8.57. The normalized spacial score (nSPS) is 11.1. The van der Waals surface area contributed by atoms with Crippen molar-refractivity contribution in [1.82, 2.24) is 15.0 Å². The van der Waals surface area contributed by atoms with Crippen LogP contribution in [-0.2, 0) is 6.42 Å². The second kappa shape index (κ2) is 6.09. The van der Waals surface area contributed by atoms with E-state index in [4.69, 9.17) is 9.97 Å². The van der Waals surface area contributed by atoms with E-state index in [0.717, 1.165) is 40.3 Å². The number of anilines is 2. The van der Waals surface area contributed by atoms with Gasteiger partial charge >= 0.3 is 0 Å². The fraction of sp³-hybridized carbons (Fsp3) is 0.158. The van der Waals surface area contributed by atoms with Gasteiger partial charge in [0.2, 0.25) is 0 Å². The largest absolute Gasteiger partial charge is 0.345 e. The molecule has 4 aromatic rings. The maximum Gasteiger partial charge on any atom is 0.163 e. The lowest BCUT2D eigenvalue weighted by atomic mass is 10.2. The van der Waals surface area contributed by atoms with Crippen LogP contribution in [-0.4, -0.2) is 15.0 Å². The number of thiophene rings is 1. The van der Waals surface area contributed by atoms with Gasteiger partial charge in [0.1, 0.15) is 11.6 Å². The molecule has 0 bridgehead atoms. The summed E-state index contributed by atoms with van der Waals surface area (Å²) in [5.41, 5.74) is 4.49. The van der Waals surface area contributed by atoms with Crippen LogP contribution in [0.25, 0.3) is 22.3 Å². The van der Waals surface area contributed by atoms with Gasteiger partial charge in [0.25, 0.3) is 0 Å². The fourth-order valence-electron chi connectivity index (χ4n) is 2.86. The maximum absolute atomic E-state index is 4.77. The molecule has 4 rings (SSSR count). The van der Waals surface area contributed by atoms with E-state index in [1.807, 2.05) is 35.7 Å². The van der Waals surface area contributed by atoms with Crippen LogP contribution in [0.4, 0.5) is 11.6 Å². The molecule has 0 saturated carbocycles. The molecule has 2 N–H and O–H groups in total. The van der Waals surface area contributed by atoms with E-state index in [2.05, 4.69) is 35.6 Å². The van der Waals surface area contributed by atoms with Crippen molar-refractivity contribution in [3.05, 3.63) is 58.4 Å². The van der Waals surface area contributed by atoms with Gasteiger partial charge in [-0.2, -0.15) is 11.3 Å².